The molecule has 6 nitrogen and oxygen atoms in total. The highest BCUT2D eigenvalue weighted by atomic mass is 35.5. The molecule has 20 heavy (non-hydrogen) atoms. The van der Waals surface area contributed by atoms with Gasteiger partial charge in [0, 0.05) is 17.1 Å². The van der Waals surface area contributed by atoms with E-state index in [1.165, 1.54) is 6.92 Å². The van der Waals surface area contributed by atoms with E-state index >= 15 is 0 Å². The fourth-order valence-corrected chi connectivity index (χ4v) is 1.72. The Labute approximate surface area is 122 Å². The van der Waals surface area contributed by atoms with Gasteiger partial charge in [0.15, 0.2) is 6.10 Å². The molecule has 0 aliphatic heterocycles. The van der Waals surface area contributed by atoms with Crippen LogP contribution in [0.5, 0.6) is 5.75 Å². The van der Waals surface area contributed by atoms with E-state index in [2.05, 4.69) is 5.32 Å². The predicted octanol–water partition coefficient (Wildman–Crippen LogP) is 1.41. The van der Waals surface area contributed by atoms with Gasteiger partial charge in [-0.05, 0) is 31.7 Å². The molecular formula is C13H18ClN3O3. The second-order valence-corrected chi connectivity index (χ2v) is 4.58. The smallest absolute Gasteiger partial charge is 0.318 e. The molecule has 3 amide bonds. The number of rotatable bonds is 6. The lowest BCUT2D eigenvalue weighted by molar-refractivity contribution is -0.126. The molecule has 0 aliphatic carbocycles. The van der Waals surface area contributed by atoms with Crippen LogP contribution in [0.25, 0.3) is 0 Å². The van der Waals surface area contributed by atoms with Crippen molar-refractivity contribution in [2.45, 2.75) is 26.5 Å². The van der Waals surface area contributed by atoms with Gasteiger partial charge in [-0.3, -0.25) is 10.1 Å². The summed E-state index contributed by atoms with van der Waals surface area (Å²) in [7, 11) is 0. The van der Waals surface area contributed by atoms with Gasteiger partial charge in [-0.1, -0.05) is 18.5 Å². The summed E-state index contributed by atoms with van der Waals surface area (Å²) >= 11 is 5.94. The minimum atomic E-state index is -0.908. The summed E-state index contributed by atoms with van der Waals surface area (Å²) < 4.78 is 5.54. The first-order chi connectivity index (χ1) is 9.43. The zero-order chi connectivity index (χ0) is 15.1. The van der Waals surface area contributed by atoms with Gasteiger partial charge in [0.1, 0.15) is 5.75 Å². The molecule has 1 atom stereocenters. The van der Waals surface area contributed by atoms with Crippen molar-refractivity contribution in [3.63, 3.8) is 0 Å². The van der Waals surface area contributed by atoms with Crippen LogP contribution in [0, 0.1) is 0 Å². The Morgan fingerprint density at radius 3 is 2.75 bits per heavy atom. The summed E-state index contributed by atoms with van der Waals surface area (Å²) in [4.78, 5) is 22.2. The second kappa shape index (κ2) is 7.72. The van der Waals surface area contributed by atoms with E-state index < -0.39 is 18.0 Å². The van der Waals surface area contributed by atoms with Crippen molar-refractivity contribution in [1.29, 1.82) is 0 Å². The molecule has 1 aromatic carbocycles. The quantitative estimate of drug-likeness (QED) is 0.740. The summed E-state index contributed by atoms with van der Waals surface area (Å²) in [5, 5.41) is 5.71. The largest absolute Gasteiger partial charge is 0.481 e. The first-order valence-electron chi connectivity index (χ1n) is 6.20. The van der Waals surface area contributed by atoms with Crippen LogP contribution in [0.15, 0.2) is 18.2 Å². The van der Waals surface area contributed by atoms with Crippen molar-refractivity contribution in [2.75, 3.05) is 6.54 Å². The summed E-state index contributed by atoms with van der Waals surface area (Å²) in [6.07, 6.45) is -0.843. The molecule has 0 saturated heterocycles. The number of amides is 3. The van der Waals surface area contributed by atoms with Gasteiger partial charge in [-0.25, -0.2) is 4.79 Å². The SMILES string of the molecule is CCNCc1cc(Cl)ccc1OC(C)C(=O)NC(N)=O. The summed E-state index contributed by atoms with van der Waals surface area (Å²) in [6, 6.07) is 4.21. The van der Waals surface area contributed by atoms with Crippen LogP contribution < -0.4 is 21.1 Å². The van der Waals surface area contributed by atoms with Gasteiger partial charge in [0.25, 0.3) is 5.91 Å². The first-order valence-corrected chi connectivity index (χ1v) is 6.58. The van der Waals surface area contributed by atoms with E-state index in [9.17, 15) is 9.59 Å². The Hall–Kier alpha value is -1.79. The van der Waals surface area contributed by atoms with Gasteiger partial charge in [0.2, 0.25) is 0 Å². The number of carbonyl (C=O) groups excluding carboxylic acids is 2. The summed E-state index contributed by atoms with van der Waals surface area (Å²) in [6.45, 7) is 4.87. The molecule has 1 unspecified atom stereocenters. The highest BCUT2D eigenvalue weighted by Gasteiger charge is 2.17. The van der Waals surface area contributed by atoms with Crippen LogP contribution in [-0.4, -0.2) is 24.6 Å². The predicted molar refractivity (Wildman–Crippen MR) is 76.6 cm³/mol. The minimum Gasteiger partial charge on any atom is -0.481 e. The molecule has 0 bridgehead atoms. The van der Waals surface area contributed by atoms with Gasteiger partial charge < -0.3 is 15.8 Å². The molecule has 0 aromatic heterocycles. The van der Waals surface area contributed by atoms with E-state index in [0.29, 0.717) is 17.3 Å². The van der Waals surface area contributed by atoms with Crippen molar-refractivity contribution in [2.24, 2.45) is 5.73 Å². The Bertz CT molecular complexity index is 494. The van der Waals surface area contributed by atoms with Crippen LogP contribution in [0.1, 0.15) is 19.4 Å². The number of halogens is 1. The maximum atomic E-state index is 11.6. The van der Waals surface area contributed by atoms with Crippen LogP contribution in [0.2, 0.25) is 5.02 Å². The van der Waals surface area contributed by atoms with Crippen LogP contribution in [-0.2, 0) is 11.3 Å². The van der Waals surface area contributed by atoms with E-state index in [1.807, 2.05) is 12.2 Å². The number of carbonyl (C=O) groups is 2. The average molecular weight is 300 g/mol. The van der Waals surface area contributed by atoms with Crippen molar-refractivity contribution in [1.82, 2.24) is 10.6 Å². The molecule has 0 aliphatic rings. The van der Waals surface area contributed by atoms with Crippen molar-refractivity contribution in [3.8, 4) is 5.75 Å². The normalized spacial score (nSPS) is 11.8. The van der Waals surface area contributed by atoms with Gasteiger partial charge in [0.05, 0.1) is 0 Å². The number of ether oxygens (including phenoxy) is 1. The number of primary amides is 1. The fraction of sp³-hybridized carbons (Fsp3) is 0.385. The van der Waals surface area contributed by atoms with Gasteiger partial charge in [-0.2, -0.15) is 0 Å². The molecule has 1 aromatic rings. The Morgan fingerprint density at radius 1 is 1.45 bits per heavy atom. The highest BCUT2D eigenvalue weighted by Crippen LogP contribution is 2.23. The van der Waals surface area contributed by atoms with Crippen molar-refractivity contribution >= 4 is 23.5 Å². The number of hydrogen-bond acceptors (Lipinski definition) is 4. The third-order valence-corrected chi connectivity index (χ3v) is 2.74. The average Bonchev–Trinajstić information content (AvgIpc) is 2.38. The lowest BCUT2D eigenvalue weighted by atomic mass is 10.2. The molecule has 4 N–H and O–H groups in total. The van der Waals surface area contributed by atoms with Crippen LogP contribution in [0.3, 0.4) is 0 Å². The maximum Gasteiger partial charge on any atom is 0.318 e. The number of imide groups is 1. The van der Waals surface area contributed by atoms with Crippen LogP contribution in [0.4, 0.5) is 4.79 Å². The second-order valence-electron chi connectivity index (χ2n) is 4.15. The van der Waals surface area contributed by atoms with E-state index in [-0.39, 0.29) is 0 Å². The molecule has 0 radical (unpaired) electrons. The number of urea groups is 1. The number of hydrogen-bond donors (Lipinski definition) is 3. The molecule has 0 heterocycles. The molecule has 7 heteroatoms. The van der Waals surface area contributed by atoms with E-state index in [1.54, 1.807) is 18.2 Å². The Kier molecular flexibility index (Phi) is 6.27. The number of benzene rings is 1. The zero-order valence-electron chi connectivity index (χ0n) is 11.4. The topological polar surface area (TPSA) is 93.4 Å². The maximum absolute atomic E-state index is 11.6. The lowest BCUT2D eigenvalue weighted by Crippen LogP contribution is -2.42. The van der Waals surface area contributed by atoms with E-state index in [4.69, 9.17) is 22.1 Å². The standard InChI is InChI=1S/C13H18ClN3O3/c1-3-16-7-9-6-10(14)4-5-11(9)20-8(2)12(18)17-13(15)19/h4-6,8,16H,3,7H2,1-2H3,(H3,15,17,18,19). The third-order valence-electron chi connectivity index (χ3n) is 2.51. The highest BCUT2D eigenvalue weighted by molar-refractivity contribution is 6.30. The Morgan fingerprint density at radius 2 is 2.15 bits per heavy atom. The van der Waals surface area contributed by atoms with Crippen molar-refractivity contribution < 1.29 is 14.3 Å². The number of nitrogens with two attached hydrogens (primary N) is 1. The first kappa shape index (κ1) is 16.3. The summed E-state index contributed by atoms with van der Waals surface area (Å²) in [5.74, 6) is -0.0654. The molecule has 0 spiro atoms. The third kappa shape index (κ3) is 5.07. The fourth-order valence-electron chi connectivity index (χ4n) is 1.53. The van der Waals surface area contributed by atoms with E-state index in [0.717, 1.165) is 12.1 Å². The minimum absolute atomic E-state index is 0.530. The molecular weight excluding hydrogens is 282 g/mol. The van der Waals surface area contributed by atoms with Gasteiger partial charge >= 0.3 is 6.03 Å². The van der Waals surface area contributed by atoms with Crippen LogP contribution >= 0.6 is 11.6 Å². The monoisotopic (exact) mass is 299 g/mol. The zero-order valence-corrected chi connectivity index (χ0v) is 12.2. The number of nitrogens with one attached hydrogen (secondary N) is 2. The van der Waals surface area contributed by atoms with Gasteiger partial charge in [-0.15, -0.1) is 0 Å². The molecule has 0 fully saturated rings. The molecule has 110 valence electrons. The van der Waals surface area contributed by atoms with Crippen molar-refractivity contribution in [3.05, 3.63) is 28.8 Å². The summed E-state index contributed by atoms with van der Waals surface area (Å²) in [5.41, 5.74) is 5.72. The molecule has 0 saturated carbocycles. The lowest BCUT2D eigenvalue weighted by Gasteiger charge is -2.17. The molecule has 1 rings (SSSR count). The Balaban J connectivity index is 2.79.